The van der Waals surface area contributed by atoms with E-state index in [0.717, 1.165) is 4.47 Å². The molecule has 19 heavy (non-hydrogen) atoms. The van der Waals surface area contributed by atoms with E-state index < -0.39 is 5.97 Å². The summed E-state index contributed by atoms with van der Waals surface area (Å²) in [4.78, 5) is 18.6. The third-order valence-electron chi connectivity index (χ3n) is 2.28. The summed E-state index contributed by atoms with van der Waals surface area (Å²) in [5.41, 5.74) is 0.298. The fourth-order valence-electron chi connectivity index (χ4n) is 1.38. The van der Waals surface area contributed by atoms with Gasteiger partial charge >= 0.3 is 5.97 Å². The topological polar surface area (TPSA) is 72.3 Å². The summed E-state index contributed by atoms with van der Waals surface area (Å²) in [5.74, 6) is -0.648. The predicted octanol–water partition coefficient (Wildman–Crippen LogP) is 3.17. The highest BCUT2D eigenvalue weighted by atomic mass is 79.9. The van der Waals surface area contributed by atoms with Gasteiger partial charge in [-0.3, -0.25) is 0 Å². The van der Waals surface area contributed by atoms with Crippen molar-refractivity contribution in [2.75, 3.05) is 0 Å². The van der Waals surface area contributed by atoms with E-state index in [1.807, 2.05) is 0 Å². The molecule has 0 aliphatic carbocycles. The van der Waals surface area contributed by atoms with Gasteiger partial charge in [-0.2, -0.15) is 0 Å². The Morgan fingerprint density at radius 3 is 3.00 bits per heavy atom. The molecule has 1 aromatic carbocycles. The highest BCUT2D eigenvalue weighted by Gasteiger charge is 2.12. The van der Waals surface area contributed by atoms with Crippen molar-refractivity contribution in [2.45, 2.75) is 6.61 Å². The molecular weight excluding hydrogens is 336 g/mol. The number of ether oxygens (including phenoxy) is 1. The zero-order chi connectivity index (χ0) is 13.8. The second-order valence-electron chi connectivity index (χ2n) is 3.55. The van der Waals surface area contributed by atoms with E-state index in [4.69, 9.17) is 21.4 Å². The molecule has 1 aromatic heterocycles. The minimum absolute atomic E-state index is 0.000324. The largest absolute Gasteiger partial charge is 0.486 e. The Bertz CT molecular complexity index is 622. The van der Waals surface area contributed by atoms with Crippen LogP contribution in [0.4, 0.5) is 0 Å². The summed E-state index contributed by atoms with van der Waals surface area (Å²) in [6.07, 6.45) is 2.50. The molecule has 1 N–H and O–H groups in total. The minimum Gasteiger partial charge on any atom is -0.486 e. The van der Waals surface area contributed by atoms with E-state index in [0.29, 0.717) is 16.5 Å². The Morgan fingerprint density at radius 1 is 1.47 bits per heavy atom. The van der Waals surface area contributed by atoms with Crippen LogP contribution in [-0.2, 0) is 6.61 Å². The van der Waals surface area contributed by atoms with E-state index in [9.17, 15) is 4.79 Å². The molecule has 5 nitrogen and oxygen atoms in total. The molecule has 0 radical (unpaired) electrons. The normalized spacial score (nSPS) is 10.2. The molecule has 0 aliphatic rings. The molecule has 0 atom stereocenters. The van der Waals surface area contributed by atoms with Crippen molar-refractivity contribution in [2.24, 2.45) is 0 Å². The van der Waals surface area contributed by atoms with Crippen LogP contribution < -0.4 is 4.74 Å². The lowest BCUT2D eigenvalue weighted by Crippen LogP contribution is -2.08. The van der Waals surface area contributed by atoms with Crippen LogP contribution in [0.25, 0.3) is 0 Å². The number of benzene rings is 1. The number of aromatic nitrogens is 2. The predicted molar refractivity (Wildman–Crippen MR) is 72.5 cm³/mol. The van der Waals surface area contributed by atoms with Crippen molar-refractivity contribution in [3.8, 4) is 5.75 Å². The molecule has 0 unspecified atom stereocenters. The molecule has 0 fully saturated rings. The van der Waals surface area contributed by atoms with Crippen LogP contribution in [0.5, 0.6) is 5.75 Å². The van der Waals surface area contributed by atoms with Crippen LogP contribution in [0.2, 0.25) is 5.02 Å². The van der Waals surface area contributed by atoms with Crippen molar-refractivity contribution >= 4 is 33.5 Å². The first kappa shape index (κ1) is 13.8. The van der Waals surface area contributed by atoms with E-state index in [1.54, 1.807) is 18.2 Å². The average molecular weight is 344 g/mol. The summed E-state index contributed by atoms with van der Waals surface area (Å²) < 4.78 is 6.29. The highest BCUT2D eigenvalue weighted by Crippen LogP contribution is 2.28. The fraction of sp³-hybridized carbons (Fsp3) is 0.0833. The number of nitrogens with zero attached hydrogens (tertiary/aromatic N) is 2. The van der Waals surface area contributed by atoms with Gasteiger partial charge in [0.15, 0.2) is 0 Å². The van der Waals surface area contributed by atoms with E-state index in [1.165, 1.54) is 12.5 Å². The molecule has 2 aromatic rings. The van der Waals surface area contributed by atoms with Gasteiger partial charge in [-0.1, -0.05) is 27.5 Å². The number of rotatable bonds is 4. The van der Waals surface area contributed by atoms with Gasteiger partial charge in [0.2, 0.25) is 0 Å². The summed E-state index contributed by atoms with van der Waals surface area (Å²) >= 11 is 9.27. The van der Waals surface area contributed by atoms with Crippen molar-refractivity contribution in [1.82, 2.24) is 9.97 Å². The second kappa shape index (κ2) is 5.99. The van der Waals surface area contributed by atoms with Crippen LogP contribution in [-0.4, -0.2) is 21.0 Å². The van der Waals surface area contributed by atoms with Crippen LogP contribution in [0.3, 0.4) is 0 Å². The first-order valence-corrected chi connectivity index (χ1v) is 6.35. The van der Waals surface area contributed by atoms with Crippen molar-refractivity contribution in [3.63, 3.8) is 0 Å². The molecule has 98 valence electrons. The number of hydrogen-bond donors (Lipinski definition) is 1. The summed E-state index contributed by atoms with van der Waals surface area (Å²) in [5, 5.41) is 9.43. The quantitative estimate of drug-likeness (QED) is 0.923. The van der Waals surface area contributed by atoms with E-state index in [-0.39, 0.29) is 12.2 Å². The van der Waals surface area contributed by atoms with Gasteiger partial charge < -0.3 is 9.84 Å². The molecule has 0 saturated heterocycles. The molecule has 1 heterocycles. The third kappa shape index (κ3) is 3.42. The fourth-order valence-corrected chi connectivity index (χ4v) is 1.89. The van der Waals surface area contributed by atoms with Gasteiger partial charge in [0, 0.05) is 10.7 Å². The van der Waals surface area contributed by atoms with Gasteiger partial charge in [-0.15, -0.1) is 0 Å². The Labute approximate surface area is 122 Å². The minimum atomic E-state index is -1.10. The smallest absolute Gasteiger partial charge is 0.339 e. The number of aromatic carboxylic acids is 1. The monoisotopic (exact) mass is 342 g/mol. The Hall–Kier alpha value is -1.66. The third-order valence-corrected chi connectivity index (χ3v) is 3.09. The van der Waals surface area contributed by atoms with Crippen LogP contribution in [0, 0.1) is 0 Å². The maximum atomic E-state index is 11.0. The summed E-state index contributed by atoms with van der Waals surface area (Å²) in [6, 6.07) is 5.16. The van der Waals surface area contributed by atoms with Crippen LogP contribution >= 0.6 is 27.5 Å². The van der Waals surface area contributed by atoms with Gasteiger partial charge in [0.1, 0.15) is 24.2 Å². The lowest BCUT2D eigenvalue weighted by molar-refractivity contribution is 0.0692. The van der Waals surface area contributed by atoms with Crippen molar-refractivity contribution in [1.29, 1.82) is 0 Å². The SMILES string of the molecule is O=C(O)c1cncnc1COc1cc(Br)ccc1Cl. The first-order chi connectivity index (χ1) is 9.08. The Balaban J connectivity index is 2.19. The number of hydrogen-bond acceptors (Lipinski definition) is 4. The van der Waals surface area contributed by atoms with Gasteiger partial charge in [0.05, 0.1) is 10.7 Å². The van der Waals surface area contributed by atoms with E-state index >= 15 is 0 Å². The average Bonchev–Trinajstić information content (AvgIpc) is 2.40. The molecule has 0 saturated carbocycles. The molecule has 0 amide bonds. The molecule has 0 spiro atoms. The van der Waals surface area contributed by atoms with Crippen LogP contribution in [0.15, 0.2) is 35.2 Å². The van der Waals surface area contributed by atoms with Gasteiger partial charge in [-0.25, -0.2) is 14.8 Å². The first-order valence-electron chi connectivity index (χ1n) is 5.18. The standard InChI is InChI=1S/C12H8BrClN2O3/c13-7-1-2-9(14)11(3-7)19-5-10-8(12(17)18)4-15-6-16-10/h1-4,6H,5H2,(H,17,18). The molecule has 0 aliphatic heterocycles. The summed E-state index contributed by atoms with van der Waals surface area (Å²) in [7, 11) is 0. The molecule has 0 bridgehead atoms. The zero-order valence-corrected chi connectivity index (χ0v) is 11.8. The lowest BCUT2D eigenvalue weighted by atomic mass is 10.2. The number of carbonyl (C=O) groups is 1. The van der Waals surface area contributed by atoms with E-state index in [2.05, 4.69) is 25.9 Å². The highest BCUT2D eigenvalue weighted by molar-refractivity contribution is 9.10. The lowest BCUT2D eigenvalue weighted by Gasteiger charge is -2.09. The molecular formula is C12H8BrClN2O3. The number of carboxylic acid groups (broad SMARTS) is 1. The van der Waals surface area contributed by atoms with Crippen LogP contribution in [0.1, 0.15) is 16.1 Å². The van der Waals surface area contributed by atoms with Crippen molar-refractivity contribution < 1.29 is 14.6 Å². The second-order valence-corrected chi connectivity index (χ2v) is 4.87. The van der Waals surface area contributed by atoms with Gasteiger partial charge in [0.25, 0.3) is 0 Å². The number of halogens is 2. The maximum Gasteiger partial charge on any atom is 0.339 e. The zero-order valence-electron chi connectivity index (χ0n) is 9.51. The maximum absolute atomic E-state index is 11.0. The molecule has 2 rings (SSSR count). The molecule has 7 heteroatoms. The number of carboxylic acids is 1. The Morgan fingerprint density at radius 2 is 2.26 bits per heavy atom. The summed E-state index contributed by atoms with van der Waals surface area (Å²) in [6.45, 7) is 0.000324. The Kier molecular flexibility index (Phi) is 4.34. The van der Waals surface area contributed by atoms with Crippen molar-refractivity contribution in [3.05, 3.63) is 51.5 Å². The van der Waals surface area contributed by atoms with Gasteiger partial charge in [-0.05, 0) is 18.2 Å².